The van der Waals surface area contributed by atoms with E-state index in [1.165, 1.54) is 22.0 Å². The van der Waals surface area contributed by atoms with Crippen LogP contribution in [0.25, 0.3) is 10.9 Å². The van der Waals surface area contributed by atoms with Crippen LogP contribution in [-0.2, 0) is 19.5 Å². The van der Waals surface area contributed by atoms with E-state index < -0.39 is 0 Å². The van der Waals surface area contributed by atoms with Gasteiger partial charge in [-0.3, -0.25) is 10.4 Å². The highest BCUT2D eigenvalue weighted by molar-refractivity contribution is 7.95. The number of rotatable bonds is 4. The van der Waals surface area contributed by atoms with Crippen LogP contribution in [0.1, 0.15) is 38.4 Å². The van der Waals surface area contributed by atoms with Gasteiger partial charge in [0.15, 0.2) is 0 Å². The first-order valence-corrected chi connectivity index (χ1v) is 10.8. The summed E-state index contributed by atoms with van der Waals surface area (Å²) < 4.78 is 2.56. The maximum Gasteiger partial charge on any atom is 0.0488 e. The molecule has 0 amide bonds. The normalized spacial score (nSPS) is 14.1. The highest BCUT2D eigenvalue weighted by Gasteiger charge is 2.21. The lowest BCUT2D eigenvalue weighted by Crippen LogP contribution is -2.27. The van der Waals surface area contributed by atoms with Gasteiger partial charge in [-0.2, -0.15) is 0 Å². The fourth-order valence-electron chi connectivity index (χ4n) is 3.06. The van der Waals surface area contributed by atoms with E-state index in [9.17, 15) is 0 Å². The molecule has 3 rings (SSSR count). The molecule has 5 nitrogen and oxygen atoms in total. The Hall–Kier alpha value is -1.57. The van der Waals surface area contributed by atoms with E-state index in [2.05, 4.69) is 74.2 Å². The van der Waals surface area contributed by atoms with Gasteiger partial charge in [0, 0.05) is 48.9 Å². The lowest BCUT2D eigenvalue weighted by atomic mass is 10.1. The van der Waals surface area contributed by atoms with Crippen molar-refractivity contribution in [3.63, 3.8) is 0 Å². The fourth-order valence-corrected chi connectivity index (χ4v) is 3.06. The predicted molar refractivity (Wildman–Crippen MR) is 121 cm³/mol. The second kappa shape index (κ2) is 12.8. The molecule has 0 aliphatic carbocycles. The first kappa shape index (κ1) is 24.5. The van der Waals surface area contributed by atoms with E-state index in [0.29, 0.717) is 0 Å². The van der Waals surface area contributed by atoms with E-state index in [1.54, 1.807) is 11.9 Å². The first-order chi connectivity index (χ1) is 13.4. The Bertz CT molecular complexity index is 768. The lowest BCUT2D eigenvalue weighted by molar-refractivity contribution is -0.216. The molecule has 2 N–H and O–H groups in total. The summed E-state index contributed by atoms with van der Waals surface area (Å²) in [4.78, 5) is 2.42. The van der Waals surface area contributed by atoms with Crippen molar-refractivity contribution in [3.8, 4) is 0 Å². The smallest absolute Gasteiger partial charge is 0.0488 e. The van der Waals surface area contributed by atoms with Crippen LogP contribution in [0.4, 0.5) is 0 Å². The number of para-hydroxylation sites is 1. The van der Waals surface area contributed by atoms with Crippen molar-refractivity contribution in [3.05, 3.63) is 59.8 Å². The van der Waals surface area contributed by atoms with Gasteiger partial charge < -0.3 is 9.47 Å². The van der Waals surface area contributed by atoms with Crippen LogP contribution in [0.15, 0.2) is 48.6 Å². The van der Waals surface area contributed by atoms with E-state index >= 15 is 0 Å². The Labute approximate surface area is 174 Å². The quantitative estimate of drug-likeness (QED) is 0.398. The molecule has 0 unspecified atom stereocenters. The molecule has 1 aromatic heterocycles. The molecule has 0 radical (unpaired) electrons. The Kier molecular flexibility index (Phi) is 11.2. The van der Waals surface area contributed by atoms with Gasteiger partial charge in [0.25, 0.3) is 0 Å². The number of aromatic nitrogens is 1. The van der Waals surface area contributed by atoms with Crippen molar-refractivity contribution in [2.24, 2.45) is 0 Å². The second-order valence-corrected chi connectivity index (χ2v) is 7.48. The molecule has 1 aliphatic rings. The van der Waals surface area contributed by atoms with Crippen LogP contribution in [0.2, 0.25) is 0 Å². The Morgan fingerprint density at radius 3 is 2.46 bits per heavy atom. The summed E-state index contributed by atoms with van der Waals surface area (Å²) in [6.45, 7) is 13.2. The summed E-state index contributed by atoms with van der Waals surface area (Å²) in [5, 5.41) is 16.9. The predicted octanol–water partition coefficient (Wildman–Crippen LogP) is 5.52. The van der Waals surface area contributed by atoms with Gasteiger partial charge in [-0.1, -0.05) is 42.8 Å². The Morgan fingerprint density at radius 1 is 1.32 bits per heavy atom. The van der Waals surface area contributed by atoms with Crippen LogP contribution in [0.3, 0.4) is 0 Å². The SMILES string of the molecule is C/C=C(\C)Cn1c2c(c3ccccc31)CN(C)CC2.C=CCC.CSN(O)O. The standard InChI is InChI=1S/C17H22N2.C4H8.CH5NO2S/c1-4-13(2)11-19-16-8-6-5-7-14(16)15-12-18(3)10-9-17(15)19;1-3-4-2;1-5-2(3)4/h4-8H,9-12H2,1-3H3;3H,1,4H2,2H3;3-4H,1H3/b13-4+;;. The Balaban J connectivity index is 0.000000369. The minimum absolute atomic E-state index is 0.0417. The number of likely N-dealkylation sites (N-methyl/N-ethyl adjacent to an activating group) is 1. The van der Waals surface area contributed by atoms with Gasteiger partial charge in [-0.05, 0) is 55.5 Å². The van der Waals surface area contributed by atoms with Gasteiger partial charge >= 0.3 is 0 Å². The third kappa shape index (κ3) is 7.11. The Morgan fingerprint density at radius 2 is 1.93 bits per heavy atom. The molecule has 0 spiro atoms. The monoisotopic (exact) mass is 405 g/mol. The summed E-state index contributed by atoms with van der Waals surface area (Å²) in [5.41, 5.74) is 5.90. The molecule has 0 bridgehead atoms. The van der Waals surface area contributed by atoms with Gasteiger partial charge in [-0.25, -0.2) is 0 Å². The summed E-state index contributed by atoms with van der Waals surface area (Å²) >= 11 is 0.824. The maximum absolute atomic E-state index is 7.71. The number of nitrogens with zero attached hydrogens (tertiary/aromatic N) is 3. The molecule has 2 heterocycles. The molecule has 0 saturated heterocycles. The topological polar surface area (TPSA) is 51.9 Å². The highest BCUT2D eigenvalue weighted by atomic mass is 32.2. The third-order valence-corrected chi connectivity index (χ3v) is 5.03. The van der Waals surface area contributed by atoms with E-state index in [-0.39, 0.29) is 4.63 Å². The average Bonchev–Trinajstić information content (AvgIpc) is 3.01. The van der Waals surface area contributed by atoms with E-state index in [1.807, 2.05) is 6.08 Å². The number of hydrogen-bond donors (Lipinski definition) is 2. The summed E-state index contributed by atoms with van der Waals surface area (Å²) in [7, 11) is 2.21. The first-order valence-electron chi connectivity index (χ1n) is 9.61. The number of benzene rings is 1. The van der Waals surface area contributed by atoms with Crippen molar-refractivity contribution in [1.29, 1.82) is 0 Å². The molecule has 2 aromatic rings. The van der Waals surface area contributed by atoms with Crippen LogP contribution >= 0.6 is 11.9 Å². The molecule has 28 heavy (non-hydrogen) atoms. The third-order valence-electron chi connectivity index (χ3n) is 4.70. The van der Waals surface area contributed by atoms with Crippen molar-refractivity contribution in [1.82, 2.24) is 14.1 Å². The molecule has 0 fully saturated rings. The zero-order valence-corrected chi connectivity index (χ0v) is 18.7. The molecular weight excluding hydrogens is 370 g/mol. The number of allylic oxidation sites excluding steroid dienone is 3. The number of fused-ring (bicyclic) bond motifs is 3. The molecule has 6 heteroatoms. The molecule has 0 atom stereocenters. The summed E-state index contributed by atoms with van der Waals surface area (Å²) in [6, 6.07) is 8.84. The largest absolute Gasteiger partial charge is 0.340 e. The van der Waals surface area contributed by atoms with Crippen LogP contribution in [0, 0.1) is 0 Å². The van der Waals surface area contributed by atoms with Gasteiger partial charge in [0.2, 0.25) is 0 Å². The summed E-state index contributed by atoms with van der Waals surface area (Å²) in [6.07, 6.45) is 7.88. The van der Waals surface area contributed by atoms with E-state index in [0.717, 1.165) is 44.4 Å². The van der Waals surface area contributed by atoms with Gasteiger partial charge in [-0.15, -0.1) is 6.58 Å². The van der Waals surface area contributed by atoms with Crippen molar-refractivity contribution >= 4 is 22.9 Å². The van der Waals surface area contributed by atoms with Crippen molar-refractivity contribution in [2.75, 3.05) is 19.8 Å². The van der Waals surface area contributed by atoms with Gasteiger partial charge in [0.1, 0.15) is 0 Å². The molecular formula is C22H35N3O2S. The van der Waals surface area contributed by atoms with E-state index in [4.69, 9.17) is 10.4 Å². The van der Waals surface area contributed by atoms with Crippen LogP contribution in [0.5, 0.6) is 0 Å². The summed E-state index contributed by atoms with van der Waals surface area (Å²) in [5.74, 6) is 0. The van der Waals surface area contributed by atoms with Crippen LogP contribution < -0.4 is 0 Å². The zero-order valence-electron chi connectivity index (χ0n) is 17.9. The van der Waals surface area contributed by atoms with Gasteiger partial charge in [0.05, 0.1) is 0 Å². The second-order valence-electron chi connectivity index (χ2n) is 6.78. The highest BCUT2D eigenvalue weighted by Crippen LogP contribution is 2.31. The van der Waals surface area contributed by atoms with Crippen LogP contribution in [-0.4, -0.2) is 44.4 Å². The van der Waals surface area contributed by atoms with Crippen molar-refractivity contribution in [2.45, 2.75) is 46.7 Å². The van der Waals surface area contributed by atoms with Crippen molar-refractivity contribution < 1.29 is 10.4 Å². The molecule has 0 saturated carbocycles. The number of hydrogen-bond acceptors (Lipinski definition) is 5. The zero-order chi connectivity index (χ0) is 21.1. The minimum Gasteiger partial charge on any atom is -0.340 e. The fraction of sp³-hybridized carbons (Fsp3) is 0.455. The lowest BCUT2D eigenvalue weighted by Gasteiger charge is -2.24. The minimum atomic E-state index is 0.0417. The molecule has 1 aromatic carbocycles. The molecule has 156 valence electrons. The maximum atomic E-state index is 7.71. The molecule has 1 aliphatic heterocycles. The average molecular weight is 406 g/mol.